The molecule has 0 aromatic heterocycles. The van der Waals surface area contributed by atoms with Crippen molar-refractivity contribution in [2.45, 2.75) is 64.0 Å². The van der Waals surface area contributed by atoms with Crippen molar-refractivity contribution >= 4 is 94.7 Å². The average Bonchev–Trinajstić information content (AvgIpc) is 1.11. The number of Topliss-reactive ketones (excluding diaryl/α,β-unsaturated/α-hetero) is 2. The third kappa shape index (κ3) is 18.5. The Bertz CT molecular complexity index is 4020. The number of carbonyl (C=O) groups excluding carboxylic acids is 8. The van der Waals surface area contributed by atoms with Crippen LogP contribution in [0.15, 0.2) is 109 Å². The number of carboxylic acids is 1. The summed E-state index contributed by atoms with van der Waals surface area (Å²) in [6, 6.07) is 27.6. The number of hydrogen-bond donors (Lipinski definition) is 9. The highest BCUT2D eigenvalue weighted by Gasteiger charge is 2.36. The van der Waals surface area contributed by atoms with Crippen LogP contribution in [0.5, 0.6) is 11.5 Å². The van der Waals surface area contributed by atoms with Crippen LogP contribution in [0.4, 0.5) is 5.69 Å². The van der Waals surface area contributed by atoms with Crippen LogP contribution in [-0.2, 0) is 73.5 Å². The normalized spacial score (nSPS) is 18.5. The SMILES string of the molecule is CC(=O)ON1C(=O)CCC1=O.O=C1CC[NH+]=c2cc3c(cc2-c2ccccc2)=C(c2ccccc2C(=O)O)c2cc(-c4ccccc4)c(cc2O3)NCCC(=O)NC(CS(=O)(=O)O)C(=O)CC(CS(=O)(=O)O)C(=O)NC(CS(=O)(=O)O)C(=O)CCCN1. The number of aromatic carboxylic acids is 1. The maximum absolute atomic E-state index is 13.7. The summed E-state index contributed by atoms with van der Waals surface area (Å²) in [5, 5.41) is 22.1. The average molecular weight is 1260 g/mol. The van der Waals surface area contributed by atoms with E-state index >= 15 is 0 Å². The van der Waals surface area contributed by atoms with Crippen molar-refractivity contribution in [2.24, 2.45) is 5.92 Å². The number of amides is 5. The molecule has 1 fully saturated rings. The molecule has 8 rings (SSSR count). The van der Waals surface area contributed by atoms with Gasteiger partial charge in [0.1, 0.15) is 41.6 Å². The van der Waals surface area contributed by atoms with Crippen molar-refractivity contribution in [3.8, 4) is 33.8 Å². The van der Waals surface area contributed by atoms with Gasteiger partial charge in [-0.1, -0.05) is 78.9 Å². The van der Waals surface area contributed by atoms with Gasteiger partial charge in [-0.15, -0.1) is 5.06 Å². The molecule has 5 amide bonds. The van der Waals surface area contributed by atoms with E-state index in [0.717, 1.165) is 12.5 Å². The van der Waals surface area contributed by atoms with Gasteiger partial charge in [-0.25, -0.2) is 14.6 Å². The van der Waals surface area contributed by atoms with E-state index in [0.29, 0.717) is 60.5 Å². The summed E-state index contributed by atoms with van der Waals surface area (Å²) in [6.45, 7) is 0.843. The minimum Gasteiger partial charge on any atom is -0.478 e. The van der Waals surface area contributed by atoms with Crippen LogP contribution in [0.2, 0.25) is 0 Å². The number of hydroxylamine groups is 2. The van der Waals surface area contributed by atoms with Gasteiger partial charge in [0.05, 0.1) is 35.3 Å². The van der Waals surface area contributed by atoms with Gasteiger partial charge in [0.25, 0.3) is 42.2 Å². The lowest BCUT2D eigenvalue weighted by molar-refractivity contribution is -0.498. The van der Waals surface area contributed by atoms with Gasteiger partial charge < -0.3 is 35.9 Å². The topological polar surface area (TPSA) is 421 Å². The molecule has 9 N–H and O–H groups in total. The zero-order valence-electron chi connectivity index (χ0n) is 46.2. The van der Waals surface area contributed by atoms with E-state index in [2.05, 4.69) is 25.8 Å². The quantitative estimate of drug-likeness (QED) is 0.0621. The number of nitrogens with one attached hydrogen (secondary N) is 5. The second kappa shape index (κ2) is 28.4. The van der Waals surface area contributed by atoms with Crippen LogP contribution in [-0.4, -0.2) is 151 Å². The fourth-order valence-corrected chi connectivity index (χ4v) is 11.8. The third-order valence-electron chi connectivity index (χ3n) is 13.5. The zero-order chi connectivity index (χ0) is 63.4. The predicted molar refractivity (Wildman–Crippen MR) is 307 cm³/mol. The molecule has 0 aliphatic carbocycles. The molecule has 30 heteroatoms. The highest BCUT2D eigenvalue weighted by Crippen LogP contribution is 2.43. The number of fused-ring (bicyclic) bond motifs is 2. The maximum atomic E-state index is 13.7. The first kappa shape index (κ1) is 65.5. The lowest BCUT2D eigenvalue weighted by atomic mass is 9.86. The Balaban J connectivity index is 0.000000883. The molecule has 0 spiro atoms. The number of imide groups is 1. The van der Waals surface area contributed by atoms with Crippen molar-refractivity contribution in [3.63, 3.8) is 0 Å². The molecule has 1 saturated heterocycles. The molecule has 0 radical (unpaired) electrons. The number of hydrogen-bond acceptors (Lipinski definition) is 18. The standard InChI is InChI=1S/C51H51N5O17S3.C6H7NO4/c57-43-16-9-19-54-47(59)17-20-52-39-25-45-37(23-35(39)30-10-3-1-4-11-30)49(33-14-7-8-15-34(33)51(62)63)38-24-36(31-12-5-2-6-13-31)40(26-46(38)73-45)53-21-18-48(60)55-42(29-76(70,71)72)44(58)22-32(27-74(64,65)66)50(61)56-41(43)28-75(67,68)69;1-4(8)11-7-5(9)2-3-6(7)10/h1-8,10-15,23-26,32,41-42,53H,9,16-22,27-29H2,(H,54,59)(H,55,60)(H,56,61)(H,62,63)(H,64,65,66)(H,67,68,69)(H,70,71,72);2-3H2,1H3/p+1. The molecule has 3 aliphatic rings. The molecular weight excluding hydrogens is 1200 g/mol. The maximum Gasteiger partial charge on any atom is 0.336 e. The molecule has 5 aromatic carbocycles. The molecule has 27 nitrogen and oxygen atoms in total. The Morgan fingerprint density at radius 1 is 0.609 bits per heavy atom. The van der Waals surface area contributed by atoms with Crippen molar-refractivity contribution in [2.75, 3.05) is 42.2 Å². The summed E-state index contributed by atoms with van der Waals surface area (Å²) >= 11 is 0. The second-order valence-electron chi connectivity index (χ2n) is 20.1. The first-order chi connectivity index (χ1) is 41.0. The minimum atomic E-state index is -5.15. The van der Waals surface area contributed by atoms with E-state index in [1.165, 1.54) is 6.07 Å². The van der Waals surface area contributed by atoms with E-state index in [-0.39, 0.29) is 56.6 Å². The number of benzene rings is 5. The number of rotatable bonds is 11. The largest absolute Gasteiger partial charge is 0.478 e. The van der Waals surface area contributed by atoms with Gasteiger partial charge in [-0.2, -0.15) is 25.3 Å². The van der Waals surface area contributed by atoms with Gasteiger partial charge >= 0.3 is 11.9 Å². The van der Waals surface area contributed by atoms with Crippen molar-refractivity contribution in [1.82, 2.24) is 21.0 Å². The van der Waals surface area contributed by atoms with Crippen LogP contribution in [0.3, 0.4) is 0 Å². The van der Waals surface area contributed by atoms with Gasteiger partial charge in [-0.05, 0) is 41.3 Å². The predicted octanol–water partition coefficient (Wildman–Crippen LogP) is 0.265. The fourth-order valence-electron chi connectivity index (χ4n) is 9.60. The highest BCUT2D eigenvalue weighted by molar-refractivity contribution is 7.86. The first-order valence-electron chi connectivity index (χ1n) is 26.7. The number of carboxylic acid groups (broad SMARTS) is 1. The van der Waals surface area contributed by atoms with Gasteiger partial charge in [-0.3, -0.25) is 47.2 Å². The van der Waals surface area contributed by atoms with Crippen LogP contribution < -0.4 is 41.6 Å². The Morgan fingerprint density at radius 3 is 1.79 bits per heavy atom. The minimum absolute atomic E-state index is 0.0114. The smallest absolute Gasteiger partial charge is 0.336 e. The van der Waals surface area contributed by atoms with Crippen LogP contribution in [0.25, 0.3) is 27.8 Å². The van der Waals surface area contributed by atoms with Gasteiger partial charge in [0, 0.05) is 85.8 Å². The lowest BCUT2D eigenvalue weighted by Gasteiger charge is -2.25. The molecule has 4 bridgehead atoms. The van der Waals surface area contributed by atoms with E-state index in [4.69, 9.17) is 4.74 Å². The Morgan fingerprint density at radius 2 is 1.20 bits per heavy atom. The van der Waals surface area contributed by atoms with E-state index in [9.17, 15) is 87.2 Å². The summed E-state index contributed by atoms with van der Waals surface area (Å²) < 4.78 is 108. The lowest BCUT2D eigenvalue weighted by Crippen LogP contribution is -2.77. The van der Waals surface area contributed by atoms with Gasteiger partial charge in [0.15, 0.2) is 11.6 Å². The molecule has 3 unspecified atom stereocenters. The monoisotopic (exact) mass is 1260 g/mol. The number of anilines is 1. The molecule has 3 aliphatic heterocycles. The van der Waals surface area contributed by atoms with E-state index < -0.39 is 138 Å². The second-order valence-corrected chi connectivity index (χ2v) is 24.6. The molecule has 3 heterocycles. The van der Waals surface area contributed by atoms with Gasteiger partial charge in [0.2, 0.25) is 23.1 Å². The molecule has 5 aromatic rings. The van der Waals surface area contributed by atoms with Crippen molar-refractivity contribution < 1.29 is 102 Å². The zero-order valence-corrected chi connectivity index (χ0v) is 48.7. The van der Waals surface area contributed by atoms with Crippen molar-refractivity contribution in [1.29, 1.82) is 0 Å². The van der Waals surface area contributed by atoms with E-state index in [1.807, 2.05) is 53.8 Å². The molecule has 87 heavy (non-hydrogen) atoms. The Hall–Kier alpha value is -9.07. The summed E-state index contributed by atoms with van der Waals surface area (Å²) in [7, 11) is -15.3. The Kier molecular flexibility index (Phi) is 21.4. The number of carbonyl (C=O) groups is 9. The number of nitrogens with zero attached hydrogens (tertiary/aromatic N) is 1. The van der Waals surface area contributed by atoms with Crippen LogP contribution >= 0.6 is 0 Å². The Labute approximate surface area is 497 Å². The first-order valence-corrected chi connectivity index (χ1v) is 31.5. The molecule has 3 atom stereocenters. The number of ether oxygens (including phenoxy) is 1. The van der Waals surface area contributed by atoms with E-state index in [1.54, 1.807) is 54.6 Å². The summed E-state index contributed by atoms with van der Waals surface area (Å²) in [5.74, 6) is -14.1. The number of ketones is 2. The molecule has 0 saturated carbocycles. The highest BCUT2D eigenvalue weighted by atomic mass is 32.2. The summed E-state index contributed by atoms with van der Waals surface area (Å²) in [6.07, 6.45) is -2.23. The van der Waals surface area contributed by atoms with Crippen LogP contribution in [0.1, 0.15) is 73.4 Å². The van der Waals surface area contributed by atoms with Crippen LogP contribution in [0, 0.1) is 5.92 Å². The fraction of sp³-hybridized carbons (Fsp3) is 0.298. The third-order valence-corrected chi connectivity index (χ3v) is 15.8. The molecule has 460 valence electrons. The summed E-state index contributed by atoms with van der Waals surface area (Å²) in [5.41, 5.74) is 4.36. The van der Waals surface area contributed by atoms with Crippen molar-refractivity contribution in [3.05, 3.63) is 136 Å². The molecular formula is C57H59N6O21S3+. The summed E-state index contributed by atoms with van der Waals surface area (Å²) in [4.78, 5) is 120.